The lowest BCUT2D eigenvalue weighted by Crippen LogP contribution is -2.23. The second-order valence-corrected chi connectivity index (χ2v) is 4.39. The van der Waals surface area contributed by atoms with Crippen molar-refractivity contribution in [1.29, 1.82) is 5.26 Å². The second kappa shape index (κ2) is 3.77. The first-order valence-corrected chi connectivity index (χ1v) is 5.68. The van der Waals surface area contributed by atoms with Gasteiger partial charge in [0.05, 0.1) is 11.6 Å². The standard InChI is InChI=1S/C13H10N4O/c14-7-13(5-6-13)12(18)17-11-9-3-1-2-4-10(9)15-8-16-11/h1-4,8H,5-6H2,(H,15,16,17,18). The van der Waals surface area contributed by atoms with Gasteiger partial charge in [0, 0.05) is 5.39 Å². The van der Waals surface area contributed by atoms with E-state index in [1.54, 1.807) is 0 Å². The molecule has 0 radical (unpaired) electrons. The molecule has 1 N–H and O–H groups in total. The molecule has 1 aliphatic carbocycles. The lowest BCUT2D eigenvalue weighted by atomic mass is 10.1. The van der Waals surface area contributed by atoms with E-state index in [4.69, 9.17) is 5.26 Å². The Morgan fingerprint density at radius 1 is 1.33 bits per heavy atom. The number of amides is 1. The van der Waals surface area contributed by atoms with Crippen molar-refractivity contribution in [2.45, 2.75) is 12.8 Å². The average Bonchev–Trinajstić information content (AvgIpc) is 3.20. The van der Waals surface area contributed by atoms with Gasteiger partial charge in [-0.2, -0.15) is 5.26 Å². The predicted molar refractivity (Wildman–Crippen MR) is 65.4 cm³/mol. The van der Waals surface area contributed by atoms with Crippen molar-refractivity contribution >= 4 is 22.6 Å². The molecule has 1 aliphatic rings. The number of benzene rings is 1. The molecule has 5 nitrogen and oxygen atoms in total. The number of carbonyl (C=O) groups is 1. The molecular weight excluding hydrogens is 228 g/mol. The minimum atomic E-state index is -0.841. The van der Waals surface area contributed by atoms with E-state index in [-0.39, 0.29) is 5.91 Å². The van der Waals surface area contributed by atoms with Gasteiger partial charge in [0.25, 0.3) is 0 Å². The van der Waals surface area contributed by atoms with E-state index in [2.05, 4.69) is 21.4 Å². The Hall–Kier alpha value is -2.48. The third kappa shape index (κ3) is 1.59. The monoisotopic (exact) mass is 238 g/mol. The minimum Gasteiger partial charge on any atom is -0.309 e. The maximum atomic E-state index is 12.0. The summed E-state index contributed by atoms with van der Waals surface area (Å²) < 4.78 is 0. The normalized spacial score (nSPS) is 15.9. The fraction of sp³-hybridized carbons (Fsp3) is 0.231. The topological polar surface area (TPSA) is 78.7 Å². The molecule has 0 saturated heterocycles. The number of aromatic nitrogens is 2. The van der Waals surface area contributed by atoms with Crippen molar-refractivity contribution < 1.29 is 4.79 Å². The van der Waals surface area contributed by atoms with Gasteiger partial charge in [-0.1, -0.05) is 12.1 Å². The molecule has 1 heterocycles. The molecule has 0 unspecified atom stereocenters. The molecule has 1 aromatic heterocycles. The maximum absolute atomic E-state index is 12.0. The van der Waals surface area contributed by atoms with Crippen molar-refractivity contribution in [3.05, 3.63) is 30.6 Å². The SMILES string of the molecule is N#CC1(C(=O)Nc2ncnc3ccccc23)CC1. The Morgan fingerprint density at radius 2 is 2.11 bits per heavy atom. The van der Waals surface area contributed by atoms with E-state index >= 15 is 0 Å². The van der Waals surface area contributed by atoms with E-state index in [9.17, 15) is 4.79 Å². The number of anilines is 1. The summed E-state index contributed by atoms with van der Waals surface area (Å²) in [6.45, 7) is 0. The number of carbonyl (C=O) groups excluding carboxylic acids is 1. The molecule has 1 saturated carbocycles. The van der Waals surface area contributed by atoms with Crippen molar-refractivity contribution in [3.63, 3.8) is 0 Å². The van der Waals surface area contributed by atoms with Crippen LogP contribution in [0.15, 0.2) is 30.6 Å². The molecule has 0 aliphatic heterocycles. The number of nitrogens with one attached hydrogen (secondary N) is 1. The van der Waals surface area contributed by atoms with Crippen molar-refractivity contribution in [1.82, 2.24) is 9.97 Å². The van der Waals surface area contributed by atoms with Gasteiger partial charge in [-0.15, -0.1) is 0 Å². The molecule has 1 fully saturated rings. The number of rotatable bonds is 2. The highest BCUT2D eigenvalue weighted by Crippen LogP contribution is 2.45. The predicted octanol–water partition coefficient (Wildman–Crippen LogP) is 1.87. The highest BCUT2D eigenvalue weighted by Gasteiger charge is 2.50. The van der Waals surface area contributed by atoms with Gasteiger partial charge in [-0.3, -0.25) is 4.79 Å². The van der Waals surface area contributed by atoms with Gasteiger partial charge in [0.2, 0.25) is 5.91 Å². The van der Waals surface area contributed by atoms with Gasteiger partial charge < -0.3 is 5.32 Å². The lowest BCUT2D eigenvalue weighted by Gasteiger charge is -2.09. The minimum absolute atomic E-state index is 0.270. The van der Waals surface area contributed by atoms with Gasteiger partial charge >= 0.3 is 0 Å². The summed E-state index contributed by atoms with van der Waals surface area (Å²) in [7, 11) is 0. The van der Waals surface area contributed by atoms with Crippen LogP contribution < -0.4 is 5.32 Å². The molecule has 0 bridgehead atoms. The van der Waals surface area contributed by atoms with Crippen LogP contribution in [0.2, 0.25) is 0 Å². The molecule has 88 valence electrons. The maximum Gasteiger partial charge on any atom is 0.246 e. The first-order valence-electron chi connectivity index (χ1n) is 5.68. The highest BCUT2D eigenvalue weighted by atomic mass is 16.2. The zero-order chi connectivity index (χ0) is 12.6. The fourth-order valence-corrected chi connectivity index (χ4v) is 1.85. The van der Waals surface area contributed by atoms with Crippen molar-refractivity contribution in [2.24, 2.45) is 5.41 Å². The molecule has 0 spiro atoms. The van der Waals surface area contributed by atoms with Crippen LogP contribution in [0.1, 0.15) is 12.8 Å². The largest absolute Gasteiger partial charge is 0.309 e. The zero-order valence-corrected chi connectivity index (χ0v) is 9.55. The van der Waals surface area contributed by atoms with Crippen LogP contribution >= 0.6 is 0 Å². The van der Waals surface area contributed by atoms with Gasteiger partial charge in [0.15, 0.2) is 0 Å². The summed E-state index contributed by atoms with van der Waals surface area (Å²) in [6.07, 6.45) is 2.65. The number of fused-ring (bicyclic) bond motifs is 1. The summed E-state index contributed by atoms with van der Waals surface area (Å²) in [4.78, 5) is 20.2. The summed E-state index contributed by atoms with van der Waals surface area (Å²) in [6, 6.07) is 9.49. The molecule has 0 atom stereocenters. The number of nitriles is 1. The lowest BCUT2D eigenvalue weighted by molar-refractivity contribution is -0.119. The molecular formula is C13H10N4O. The first-order chi connectivity index (χ1) is 8.75. The summed E-state index contributed by atoms with van der Waals surface area (Å²) in [5.41, 5.74) is -0.0731. The summed E-state index contributed by atoms with van der Waals surface area (Å²) in [5.74, 6) is 0.195. The quantitative estimate of drug-likeness (QED) is 0.866. The van der Waals surface area contributed by atoms with Crippen molar-refractivity contribution in [2.75, 3.05) is 5.32 Å². The average molecular weight is 238 g/mol. The third-order valence-corrected chi connectivity index (χ3v) is 3.17. The van der Waals surface area contributed by atoms with Gasteiger partial charge in [-0.05, 0) is 25.0 Å². The fourth-order valence-electron chi connectivity index (χ4n) is 1.85. The zero-order valence-electron chi connectivity index (χ0n) is 9.55. The van der Waals surface area contributed by atoms with Crippen LogP contribution in [0.4, 0.5) is 5.82 Å². The Morgan fingerprint density at radius 3 is 2.83 bits per heavy atom. The smallest absolute Gasteiger partial charge is 0.246 e. The van der Waals surface area contributed by atoms with E-state index in [0.717, 1.165) is 10.9 Å². The van der Waals surface area contributed by atoms with Crippen LogP contribution in [0.5, 0.6) is 0 Å². The van der Waals surface area contributed by atoms with Crippen LogP contribution in [0.25, 0.3) is 10.9 Å². The van der Waals surface area contributed by atoms with E-state index in [0.29, 0.717) is 18.7 Å². The van der Waals surface area contributed by atoms with Gasteiger partial charge in [0.1, 0.15) is 17.6 Å². The Bertz CT molecular complexity index is 665. The Kier molecular flexibility index (Phi) is 2.23. The number of para-hydroxylation sites is 1. The molecule has 18 heavy (non-hydrogen) atoms. The molecule has 1 aromatic carbocycles. The van der Waals surface area contributed by atoms with Crippen LogP contribution in [-0.2, 0) is 4.79 Å². The molecule has 1 amide bonds. The molecule has 5 heteroatoms. The van der Waals surface area contributed by atoms with Crippen LogP contribution in [0.3, 0.4) is 0 Å². The first kappa shape index (κ1) is 10.7. The second-order valence-electron chi connectivity index (χ2n) is 4.39. The summed E-state index contributed by atoms with van der Waals surface area (Å²) >= 11 is 0. The number of nitrogens with zero attached hydrogens (tertiary/aromatic N) is 3. The number of hydrogen-bond acceptors (Lipinski definition) is 4. The molecule has 2 aromatic rings. The Balaban J connectivity index is 1.96. The third-order valence-electron chi connectivity index (χ3n) is 3.17. The summed E-state index contributed by atoms with van der Waals surface area (Å²) in [5, 5.41) is 12.5. The molecule has 3 rings (SSSR count). The Labute approximate surface area is 103 Å². The highest BCUT2D eigenvalue weighted by molar-refractivity contribution is 6.03. The van der Waals surface area contributed by atoms with Crippen LogP contribution in [-0.4, -0.2) is 15.9 Å². The van der Waals surface area contributed by atoms with E-state index < -0.39 is 5.41 Å². The number of hydrogen-bond donors (Lipinski definition) is 1. The van der Waals surface area contributed by atoms with E-state index in [1.807, 2.05) is 24.3 Å². The van der Waals surface area contributed by atoms with Gasteiger partial charge in [-0.25, -0.2) is 9.97 Å². The van der Waals surface area contributed by atoms with E-state index in [1.165, 1.54) is 6.33 Å². The van der Waals surface area contributed by atoms with Crippen LogP contribution in [0, 0.1) is 16.7 Å². The van der Waals surface area contributed by atoms with Crippen molar-refractivity contribution in [3.8, 4) is 6.07 Å².